The highest BCUT2D eigenvalue weighted by atomic mass is 16.7. The normalized spacial score (nSPS) is 14.7. The third kappa shape index (κ3) is 3.87. The van der Waals surface area contributed by atoms with Gasteiger partial charge in [-0.1, -0.05) is 0 Å². The lowest BCUT2D eigenvalue weighted by atomic mass is 10.4. The first-order chi connectivity index (χ1) is 10.7. The molecular weight excluding hydrogens is 290 g/mol. The second-order valence-corrected chi connectivity index (χ2v) is 4.64. The summed E-state index contributed by atoms with van der Waals surface area (Å²) in [5.74, 6) is 0.494. The Morgan fingerprint density at radius 1 is 1.32 bits per heavy atom. The lowest BCUT2D eigenvalue weighted by Gasteiger charge is -2.27. The highest BCUT2D eigenvalue weighted by molar-refractivity contribution is 5.70. The summed E-state index contributed by atoms with van der Waals surface area (Å²) in [5, 5.41) is 2.97. The van der Waals surface area contributed by atoms with Gasteiger partial charge in [-0.3, -0.25) is 14.7 Å². The molecule has 1 aromatic heterocycles. The molecule has 22 heavy (non-hydrogen) atoms. The Morgan fingerprint density at radius 2 is 2.14 bits per heavy atom. The Labute approximate surface area is 128 Å². The van der Waals surface area contributed by atoms with E-state index >= 15 is 0 Å². The van der Waals surface area contributed by atoms with Gasteiger partial charge in [0.15, 0.2) is 5.82 Å². The van der Waals surface area contributed by atoms with Crippen molar-refractivity contribution in [3.05, 3.63) is 10.4 Å². The van der Waals surface area contributed by atoms with Crippen LogP contribution in [0.5, 0.6) is 0 Å². The molecule has 0 saturated heterocycles. The number of rotatable bonds is 9. The quantitative estimate of drug-likeness (QED) is 0.440. The van der Waals surface area contributed by atoms with Crippen molar-refractivity contribution in [3.8, 4) is 0 Å². The van der Waals surface area contributed by atoms with E-state index in [4.69, 9.17) is 19.9 Å². The van der Waals surface area contributed by atoms with Crippen LogP contribution >= 0.6 is 0 Å². The summed E-state index contributed by atoms with van der Waals surface area (Å²) in [6, 6.07) is 0. The van der Waals surface area contributed by atoms with Crippen LogP contribution in [0.4, 0.5) is 17.5 Å². The van der Waals surface area contributed by atoms with Crippen LogP contribution in [0.1, 0.15) is 20.3 Å². The van der Waals surface area contributed by atoms with Gasteiger partial charge < -0.3 is 25.3 Å². The van der Waals surface area contributed by atoms with Gasteiger partial charge in [0.2, 0.25) is 12.4 Å². The van der Waals surface area contributed by atoms with E-state index in [-0.39, 0.29) is 11.5 Å². The molecule has 124 valence electrons. The van der Waals surface area contributed by atoms with E-state index in [1.807, 2.05) is 13.8 Å². The summed E-state index contributed by atoms with van der Waals surface area (Å²) in [4.78, 5) is 20.2. The Kier molecular flexibility index (Phi) is 5.99. The van der Waals surface area contributed by atoms with Gasteiger partial charge in [-0.05, 0) is 20.3 Å². The molecule has 1 aromatic rings. The highest BCUT2D eigenvalue weighted by Crippen LogP contribution is 2.28. The van der Waals surface area contributed by atoms with E-state index < -0.39 is 6.41 Å². The third-order valence-electron chi connectivity index (χ3n) is 3.08. The Bertz CT molecular complexity index is 536. The van der Waals surface area contributed by atoms with Crippen LogP contribution in [0.2, 0.25) is 0 Å². The molecule has 0 aliphatic carbocycles. The van der Waals surface area contributed by atoms with E-state index in [0.717, 1.165) is 6.42 Å². The number of aromatic nitrogens is 2. The van der Waals surface area contributed by atoms with Gasteiger partial charge >= 0.3 is 0 Å². The van der Waals surface area contributed by atoms with E-state index in [1.165, 1.54) is 0 Å². The van der Waals surface area contributed by atoms with E-state index in [0.29, 0.717) is 44.6 Å². The number of fused-ring (bicyclic) bond motifs is 1. The van der Waals surface area contributed by atoms with Gasteiger partial charge in [0, 0.05) is 19.8 Å². The predicted octanol–water partition coefficient (Wildman–Crippen LogP) is 0.305. The fourth-order valence-electron chi connectivity index (χ4n) is 2.12. The van der Waals surface area contributed by atoms with Crippen LogP contribution in [0.3, 0.4) is 0 Å². The molecule has 0 saturated carbocycles. The van der Waals surface area contributed by atoms with Gasteiger partial charge in [-0.2, -0.15) is 4.98 Å². The molecule has 1 aliphatic rings. The van der Waals surface area contributed by atoms with Crippen molar-refractivity contribution in [3.63, 3.8) is 0 Å². The number of anilines is 3. The number of hydrogen-bond donors (Lipinski definition) is 3. The second kappa shape index (κ2) is 7.97. The van der Waals surface area contributed by atoms with Crippen molar-refractivity contribution in [1.82, 2.24) is 9.97 Å². The van der Waals surface area contributed by atoms with Crippen LogP contribution in [0, 0.1) is 0 Å². The van der Waals surface area contributed by atoms with Crippen molar-refractivity contribution in [2.75, 3.05) is 49.0 Å². The van der Waals surface area contributed by atoms with Crippen LogP contribution in [-0.2, 0) is 14.2 Å². The molecule has 0 fully saturated rings. The lowest BCUT2D eigenvalue weighted by Crippen LogP contribution is -2.40. The average Bonchev–Trinajstić information content (AvgIpc) is 2.90. The maximum Gasteiger partial charge on any atom is 0.277 e. The molecular formula is C13H23N5O4. The molecule has 1 aliphatic heterocycles. The van der Waals surface area contributed by atoms with Gasteiger partial charge in [0.1, 0.15) is 5.69 Å². The number of H-pyrrole nitrogens is 1. The second-order valence-electron chi connectivity index (χ2n) is 4.64. The number of nitrogens with zero attached hydrogens (tertiary/aromatic N) is 2. The first kappa shape index (κ1) is 16.5. The van der Waals surface area contributed by atoms with Crippen molar-refractivity contribution >= 4 is 17.5 Å². The summed E-state index contributed by atoms with van der Waals surface area (Å²) in [5.41, 5.74) is 5.67. The monoisotopic (exact) mass is 313 g/mol. The fourth-order valence-corrected chi connectivity index (χ4v) is 2.12. The average molecular weight is 313 g/mol. The summed E-state index contributed by atoms with van der Waals surface area (Å²) in [6.07, 6.45) is 0.130. The minimum atomic E-state index is -0.630. The number of nitrogen functional groups attached to an aromatic ring is 1. The number of nitrogens with one attached hydrogen (secondary N) is 2. The number of hydrogen-bond acceptors (Lipinski definition) is 8. The molecule has 0 amide bonds. The van der Waals surface area contributed by atoms with Crippen molar-refractivity contribution in [2.45, 2.75) is 26.7 Å². The maximum atomic E-state index is 11.8. The topological polar surface area (TPSA) is 115 Å². The number of nitrogens with two attached hydrogens (primary N) is 1. The van der Waals surface area contributed by atoms with Gasteiger partial charge in [0.05, 0.1) is 13.3 Å². The molecule has 1 unspecified atom stereocenters. The predicted molar refractivity (Wildman–Crippen MR) is 82.7 cm³/mol. The molecule has 9 heteroatoms. The van der Waals surface area contributed by atoms with Crippen LogP contribution in [-0.4, -0.2) is 49.5 Å². The molecule has 0 spiro atoms. The third-order valence-corrected chi connectivity index (χ3v) is 3.08. The molecule has 4 N–H and O–H groups in total. The Hall–Kier alpha value is -1.84. The van der Waals surface area contributed by atoms with Crippen molar-refractivity contribution in [2.24, 2.45) is 0 Å². The zero-order valence-electron chi connectivity index (χ0n) is 12.9. The Balaban J connectivity index is 2.03. The van der Waals surface area contributed by atoms with Gasteiger partial charge in [-0.15, -0.1) is 0 Å². The van der Waals surface area contributed by atoms with Crippen LogP contribution in [0.25, 0.3) is 0 Å². The lowest BCUT2D eigenvalue weighted by molar-refractivity contribution is -0.140. The molecule has 0 radical (unpaired) electrons. The minimum Gasteiger partial charge on any atom is -0.382 e. The standard InChI is InChI=1S/C13H23N5O4/c1-3-20-6-5-7-22-13(21-4-2)18-8-15-9-10(18)16-12(14)17-11(9)19/h13,15H,3-8H2,1-2H3,(H3,14,16,17,19). The largest absolute Gasteiger partial charge is 0.382 e. The summed E-state index contributed by atoms with van der Waals surface area (Å²) >= 11 is 0. The molecule has 1 atom stereocenters. The van der Waals surface area contributed by atoms with Crippen LogP contribution in [0.15, 0.2) is 4.79 Å². The number of ether oxygens (including phenoxy) is 3. The minimum absolute atomic E-state index is 0.0593. The van der Waals surface area contributed by atoms with Crippen molar-refractivity contribution < 1.29 is 14.2 Å². The van der Waals surface area contributed by atoms with Crippen LogP contribution < -0.4 is 21.5 Å². The molecule has 9 nitrogen and oxygen atoms in total. The zero-order valence-corrected chi connectivity index (χ0v) is 12.9. The molecule has 2 heterocycles. The van der Waals surface area contributed by atoms with E-state index in [2.05, 4.69) is 15.3 Å². The first-order valence-electron chi connectivity index (χ1n) is 7.38. The smallest absolute Gasteiger partial charge is 0.277 e. The van der Waals surface area contributed by atoms with Gasteiger partial charge in [-0.25, -0.2) is 0 Å². The molecule has 0 aromatic carbocycles. The first-order valence-corrected chi connectivity index (χ1v) is 7.38. The SMILES string of the molecule is CCOCCCOC(OCC)N1CNc2c1nc(N)[nH]c2=O. The zero-order chi connectivity index (χ0) is 15.9. The van der Waals surface area contributed by atoms with Crippen molar-refractivity contribution in [1.29, 1.82) is 0 Å². The fraction of sp³-hybridized carbons (Fsp3) is 0.692. The molecule has 0 bridgehead atoms. The van der Waals surface area contributed by atoms with E-state index in [9.17, 15) is 4.79 Å². The summed E-state index contributed by atoms with van der Waals surface area (Å²) in [7, 11) is 0. The van der Waals surface area contributed by atoms with Gasteiger partial charge in [0.25, 0.3) is 5.56 Å². The summed E-state index contributed by atoms with van der Waals surface area (Å²) < 4.78 is 16.6. The number of aromatic amines is 1. The highest BCUT2D eigenvalue weighted by Gasteiger charge is 2.30. The maximum absolute atomic E-state index is 11.8. The molecule has 2 rings (SSSR count). The Morgan fingerprint density at radius 3 is 2.86 bits per heavy atom. The van der Waals surface area contributed by atoms with E-state index in [1.54, 1.807) is 4.90 Å². The summed E-state index contributed by atoms with van der Waals surface area (Å²) in [6.45, 7) is 6.46.